The SMILES string of the molecule is COC(=O)c1ccc(CNc2ccc(C(F)(F)F)cc2)c(F)c1. The first kappa shape index (κ1) is 16.8. The standard InChI is InChI=1S/C16H13F4NO2/c1-23-15(22)10-2-3-11(14(17)8-10)9-21-13-6-4-12(5-7-13)16(18,19)20/h2-8,21H,9H2,1H3. The van der Waals surface area contributed by atoms with Crippen LogP contribution in [0.25, 0.3) is 0 Å². The Bertz CT molecular complexity index is 696. The molecule has 23 heavy (non-hydrogen) atoms. The van der Waals surface area contributed by atoms with E-state index in [1.807, 2.05) is 0 Å². The summed E-state index contributed by atoms with van der Waals surface area (Å²) in [6, 6.07) is 8.30. The molecule has 0 aliphatic rings. The molecule has 122 valence electrons. The normalized spacial score (nSPS) is 11.2. The molecule has 0 aromatic heterocycles. The summed E-state index contributed by atoms with van der Waals surface area (Å²) in [6.45, 7) is 0.0681. The Balaban J connectivity index is 2.05. The molecular formula is C16H13F4NO2. The predicted molar refractivity (Wildman–Crippen MR) is 76.5 cm³/mol. The fourth-order valence-electron chi connectivity index (χ4n) is 1.91. The first-order valence-electron chi connectivity index (χ1n) is 6.59. The summed E-state index contributed by atoms with van der Waals surface area (Å²) in [5.74, 6) is -1.25. The van der Waals surface area contributed by atoms with Gasteiger partial charge in [0.2, 0.25) is 0 Å². The minimum Gasteiger partial charge on any atom is -0.465 e. The molecule has 1 N–H and O–H groups in total. The van der Waals surface area contributed by atoms with Gasteiger partial charge in [0.25, 0.3) is 0 Å². The number of hydrogen-bond donors (Lipinski definition) is 1. The molecule has 0 spiro atoms. The zero-order chi connectivity index (χ0) is 17.0. The summed E-state index contributed by atoms with van der Waals surface area (Å²) in [6.07, 6.45) is -4.39. The van der Waals surface area contributed by atoms with E-state index in [0.29, 0.717) is 5.69 Å². The van der Waals surface area contributed by atoms with Crippen LogP contribution in [0, 0.1) is 5.82 Å². The van der Waals surface area contributed by atoms with E-state index in [0.717, 1.165) is 18.2 Å². The van der Waals surface area contributed by atoms with E-state index in [9.17, 15) is 22.4 Å². The highest BCUT2D eigenvalue weighted by atomic mass is 19.4. The number of methoxy groups -OCH3 is 1. The molecule has 2 aromatic carbocycles. The van der Waals surface area contributed by atoms with Crippen molar-refractivity contribution in [2.75, 3.05) is 12.4 Å². The summed E-state index contributed by atoms with van der Waals surface area (Å²) >= 11 is 0. The van der Waals surface area contributed by atoms with Crippen LogP contribution in [0.1, 0.15) is 21.5 Å². The summed E-state index contributed by atoms with van der Waals surface area (Å²) in [7, 11) is 1.19. The summed E-state index contributed by atoms with van der Waals surface area (Å²) in [5, 5.41) is 2.82. The van der Waals surface area contributed by atoms with Gasteiger partial charge >= 0.3 is 12.1 Å². The molecule has 0 heterocycles. The van der Waals surface area contributed by atoms with Crippen molar-refractivity contribution >= 4 is 11.7 Å². The van der Waals surface area contributed by atoms with Crippen LogP contribution in [0.15, 0.2) is 42.5 Å². The summed E-state index contributed by atoms with van der Waals surface area (Å²) in [5.41, 5.74) is 0.0342. The van der Waals surface area contributed by atoms with Crippen molar-refractivity contribution in [1.29, 1.82) is 0 Å². The summed E-state index contributed by atoms with van der Waals surface area (Å²) in [4.78, 5) is 11.3. The number of alkyl halides is 3. The van der Waals surface area contributed by atoms with Crippen molar-refractivity contribution in [3.8, 4) is 0 Å². The Kier molecular flexibility index (Phi) is 4.88. The number of ether oxygens (including phenoxy) is 1. The quantitative estimate of drug-likeness (QED) is 0.674. The Morgan fingerprint density at radius 3 is 2.30 bits per heavy atom. The second-order valence-electron chi connectivity index (χ2n) is 4.73. The van der Waals surface area contributed by atoms with E-state index >= 15 is 0 Å². The fraction of sp³-hybridized carbons (Fsp3) is 0.188. The van der Waals surface area contributed by atoms with Gasteiger partial charge in [-0.2, -0.15) is 13.2 Å². The molecule has 0 unspecified atom stereocenters. The topological polar surface area (TPSA) is 38.3 Å². The molecule has 2 aromatic rings. The van der Waals surface area contributed by atoms with Crippen LogP contribution in [-0.2, 0) is 17.5 Å². The van der Waals surface area contributed by atoms with Gasteiger partial charge in [-0.05, 0) is 36.4 Å². The van der Waals surface area contributed by atoms with Crippen LogP contribution in [0.2, 0.25) is 0 Å². The van der Waals surface area contributed by atoms with Gasteiger partial charge in [-0.15, -0.1) is 0 Å². The molecule has 2 rings (SSSR count). The number of anilines is 1. The second-order valence-corrected chi connectivity index (χ2v) is 4.73. The fourth-order valence-corrected chi connectivity index (χ4v) is 1.91. The van der Waals surface area contributed by atoms with E-state index < -0.39 is 23.5 Å². The van der Waals surface area contributed by atoms with Gasteiger partial charge < -0.3 is 10.1 Å². The lowest BCUT2D eigenvalue weighted by atomic mass is 10.1. The lowest BCUT2D eigenvalue weighted by Crippen LogP contribution is -2.07. The third kappa shape index (κ3) is 4.21. The Labute approximate surface area is 129 Å². The first-order chi connectivity index (χ1) is 10.8. The first-order valence-corrected chi connectivity index (χ1v) is 6.59. The Morgan fingerprint density at radius 1 is 1.13 bits per heavy atom. The number of nitrogens with one attached hydrogen (secondary N) is 1. The van der Waals surface area contributed by atoms with Crippen molar-refractivity contribution in [2.45, 2.75) is 12.7 Å². The number of benzene rings is 2. The van der Waals surface area contributed by atoms with E-state index in [-0.39, 0.29) is 17.7 Å². The van der Waals surface area contributed by atoms with Crippen LogP contribution in [-0.4, -0.2) is 13.1 Å². The molecule has 0 aliphatic heterocycles. The lowest BCUT2D eigenvalue weighted by Gasteiger charge is -2.10. The molecular weight excluding hydrogens is 314 g/mol. The van der Waals surface area contributed by atoms with Crippen molar-refractivity contribution in [3.63, 3.8) is 0 Å². The third-order valence-corrected chi connectivity index (χ3v) is 3.17. The number of esters is 1. The molecule has 0 amide bonds. The zero-order valence-electron chi connectivity index (χ0n) is 12.1. The van der Waals surface area contributed by atoms with Crippen LogP contribution in [0.3, 0.4) is 0 Å². The maximum absolute atomic E-state index is 13.9. The highest BCUT2D eigenvalue weighted by Crippen LogP contribution is 2.29. The maximum atomic E-state index is 13.9. The van der Waals surface area contributed by atoms with E-state index in [2.05, 4.69) is 10.1 Å². The largest absolute Gasteiger partial charge is 0.465 e. The van der Waals surface area contributed by atoms with Crippen molar-refractivity contribution in [2.24, 2.45) is 0 Å². The molecule has 0 fully saturated rings. The molecule has 0 atom stereocenters. The van der Waals surface area contributed by atoms with Gasteiger partial charge in [-0.1, -0.05) is 6.07 Å². The third-order valence-electron chi connectivity index (χ3n) is 3.17. The molecule has 0 radical (unpaired) electrons. The van der Waals surface area contributed by atoms with Gasteiger partial charge in [0.15, 0.2) is 0 Å². The molecule has 7 heteroatoms. The lowest BCUT2D eigenvalue weighted by molar-refractivity contribution is -0.137. The van der Waals surface area contributed by atoms with E-state index in [4.69, 9.17) is 0 Å². The zero-order valence-corrected chi connectivity index (χ0v) is 12.1. The number of carbonyl (C=O) groups is 1. The van der Waals surface area contributed by atoms with E-state index in [1.54, 1.807) is 0 Å². The number of rotatable bonds is 4. The molecule has 0 aliphatic carbocycles. The van der Waals surface area contributed by atoms with Gasteiger partial charge in [0, 0.05) is 17.8 Å². The second kappa shape index (κ2) is 6.68. The highest BCUT2D eigenvalue weighted by Gasteiger charge is 2.29. The Morgan fingerprint density at radius 2 is 1.78 bits per heavy atom. The average Bonchev–Trinajstić information content (AvgIpc) is 2.52. The minimum atomic E-state index is -4.39. The molecule has 0 saturated heterocycles. The molecule has 0 bridgehead atoms. The van der Waals surface area contributed by atoms with E-state index in [1.165, 1.54) is 31.4 Å². The highest BCUT2D eigenvalue weighted by molar-refractivity contribution is 5.89. The van der Waals surface area contributed by atoms with Crippen LogP contribution in [0.4, 0.5) is 23.2 Å². The van der Waals surface area contributed by atoms with Gasteiger partial charge in [0.1, 0.15) is 5.82 Å². The van der Waals surface area contributed by atoms with Gasteiger partial charge in [0.05, 0.1) is 18.2 Å². The minimum absolute atomic E-state index is 0.0681. The smallest absolute Gasteiger partial charge is 0.416 e. The molecule has 0 saturated carbocycles. The van der Waals surface area contributed by atoms with Crippen LogP contribution in [0.5, 0.6) is 0 Å². The molecule has 3 nitrogen and oxygen atoms in total. The van der Waals surface area contributed by atoms with Gasteiger partial charge in [-0.3, -0.25) is 0 Å². The number of carbonyl (C=O) groups excluding carboxylic acids is 1. The van der Waals surface area contributed by atoms with Gasteiger partial charge in [-0.25, -0.2) is 9.18 Å². The average molecular weight is 327 g/mol. The van der Waals surface area contributed by atoms with Crippen molar-refractivity contribution in [1.82, 2.24) is 0 Å². The van der Waals surface area contributed by atoms with Crippen molar-refractivity contribution < 1.29 is 27.1 Å². The predicted octanol–water partition coefficient (Wildman–Crippen LogP) is 4.24. The van der Waals surface area contributed by atoms with Crippen LogP contribution < -0.4 is 5.32 Å². The monoisotopic (exact) mass is 327 g/mol. The number of halogens is 4. The summed E-state index contributed by atoms with van der Waals surface area (Å²) < 4.78 is 55.7. The van der Waals surface area contributed by atoms with Crippen LogP contribution >= 0.6 is 0 Å². The Hall–Kier alpha value is -2.57. The maximum Gasteiger partial charge on any atom is 0.416 e. The van der Waals surface area contributed by atoms with Crippen molar-refractivity contribution in [3.05, 3.63) is 65.0 Å². The number of hydrogen-bond acceptors (Lipinski definition) is 3.